The molecule has 1 aromatic heterocycles. The average molecular weight is 293 g/mol. The molecule has 1 N–H and O–H groups in total. The molecule has 0 saturated carbocycles. The van der Waals surface area contributed by atoms with Crippen LogP contribution >= 0.6 is 11.3 Å². The smallest absolute Gasteiger partial charge is 0.225 e. The van der Waals surface area contributed by atoms with Gasteiger partial charge < -0.3 is 10.2 Å². The molecule has 1 aromatic rings. The summed E-state index contributed by atoms with van der Waals surface area (Å²) < 4.78 is 0. The summed E-state index contributed by atoms with van der Waals surface area (Å²) in [5.74, 6) is 0.884. The van der Waals surface area contributed by atoms with E-state index in [0.29, 0.717) is 12.5 Å². The third kappa shape index (κ3) is 2.74. The number of amides is 1. The highest BCUT2D eigenvalue weighted by atomic mass is 32.1. The molecule has 2 heterocycles. The van der Waals surface area contributed by atoms with Crippen molar-refractivity contribution < 1.29 is 4.79 Å². The van der Waals surface area contributed by atoms with E-state index in [1.807, 2.05) is 11.9 Å². The Morgan fingerprint density at radius 3 is 2.85 bits per heavy atom. The third-order valence-electron chi connectivity index (χ3n) is 4.55. The number of carbonyl (C=O) groups is 1. The highest BCUT2D eigenvalue weighted by molar-refractivity contribution is 7.11. The number of hydrogen-bond donors (Lipinski definition) is 1. The van der Waals surface area contributed by atoms with Crippen molar-refractivity contribution in [3.05, 3.63) is 15.6 Å². The highest BCUT2D eigenvalue weighted by Gasteiger charge is 2.30. The predicted octanol–water partition coefficient (Wildman–Crippen LogP) is 1.84. The van der Waals surface area contributed by atoms with Crippen LogP contribution in [0.4, 0.5) is 0 Å². The molecule has 1 aliphatic heterocycles. The lowest BCUT2D eigenvalue weighted by Crippen LogP contribution is -2.49. The summed E-state index contributed by atoms with van der Waals surface area (Å²) in [5.41, 5.74) is 1.29. The molecule has 1 amide bonds. The van der Waals surface area contributed by atoms with Crippen LogP contribution in [-0.2, 0) is 24.2 Å². The first kappa shape index (κ1) is 14.0. The van der Waals surface area contributed by atoms with Crippen molar-refractivity contribution in [3.8, 4) is 0 Å². The van der Waals surface area contributed by atoms with Gasteiger partial charge in [0, 0.05) is 17.8 Å². The Morgan fingerprint density at radius 1 is 1.45 bits per heavy atom. The van der Waals surface area contributed by atoms with Crippen LogP contribution in [0.15, 0.2) is 0 Å². The normalized spacial score (nSPS) is 20.1. The standard InChI is InChI=1S/C15H23N3OS/c1-10(11-7-16-8-11)15(19)18(2)9-14-17-12-5-3-4-6-13(12)20-14/h10-11,16H,3-9H2,1-2H3. The second-order valence-corrected chi connectivity index (χ2v) is 7.25. The summed E-state index contributed by atoms with van der Waals surface area (Å²) in [7, 11) is 1.91. The van der Waals surface area contributed by atoms with E-state index in [1.54, 1.807) is 11.3 Å². The molecular formula is C15H23N3OS. The molecule has 0 aromatic carbocycles. The van der Waals surface area contributed by atoms with Crippen molar-refractivity contribution in [2.75, 3.05) is 20.1 Å². The molecule has 20 heavy (non-hydrogen) atoms. The van der Waals surface area contributed by atoms with Crippen molar-refractivity contribution in [1.82, 2.24) is 15.2 Å². The number of nitrogens with zero attached hydrogens (tertiary/aromatic N) is 2. The fraction of sp³-hybridized carbons (Fsp3) is 0.733. The van der Waals surface area contributed by atoms with Crippen molar-refractivity contribution in [2.45, 2.75) is 39.2 Å². The van der Waals surface area contributed by atoms with Crippen LogP contribution in [0.5, 0.6) is 0 Å². The Hall–Kier alpha value is -0.940. The summed E-state index contributed by atoms with van der Waals surface area (Å²) in [5, 5.41) is 4.34. The van der Waals surface area contributed by atoms with E-state index in [4.69, 9.17) is 4.98 Å². The van der Waals surface area contributed by atoms with Crippen molar-refractivity contribution >= 4 is 17.2 Å². The number of aryl methyl sites for hydroxylation is 2. The van der Waals surface area contributed by atoms with Gasteiger partial charge in [-0.15, -0.1) is 11.3 Å². The maximum absolute atomic E-state index is 12.4. The second-order valence-electron chi connectivity index (χ2n) is 6.09. The molecule has 5 heteroatoms. The Balaban J connectivity index is 1.61. The van der Waals surface area contributed by atoms with Gasteiger partial charge in [-0.05, 0) is 44.7 Å². The van der Waals surface area contributed by atoms with Crippen LogP contribution in [0.1, 0.15) is 35.3 Å². The fourth-order valence-corrected chi connectivity index (χ4v) is 4.18. The van der Waals surface area contributed by atoms with Gasteiger partial charge in [-0.3, -0.25) is 4.79 Å². The molecular weight excluding hydrogens is 270 g/mol. The van der Waals surface area contributed by atoms with Crippen LogP contribution < -0.4 is 5.32 Å². The minimum Gasteiger partial charge on any atom is -0.339 e. The lowest BCUT2D eigenvalue weighted by Gasteiger charge is -2.33. The number of nitrogens with one attached hydrogen (secondary N) is 1. The maximum Gasteiger partial charge on any atom is 0.225 e. The summed E-state index contributed by atoms with van der Waals surface area (Å²) in [4.78, 5) is 20.4. The highest BCUT2D eigenvalue weighted by Crippen LogP contribution is 2.27. The van der Waals surface area contributed by atoms with Crippen LogP contribution in [0.3, 0.4) is 0 Å². The van der Waals surface area contributed by atoms with Gasteiger partial charge in [-0.25, -0.2) is 4.98 Å². The molecule has 1 unspecified atom stereocenters. The Bertz CT molecular complexity index is 472. The number of hydrogen-bond acceptors (Lipinski definition) is 4. The molecule has 0 bridgehead atoms. The number of thiazole rings is 1. The van der Waals surface area contributed by atoms with E-state index in [2.05, 4.69) is 12.2 Å². The van der Waals surface area contributed by atoms with Gasteiger partial charge in [0.15, 0.2) is 0 Å². The summed E-state index contributed by atoms with van der Waals surface area (Å²) >= 11 is 1.80. The average Bonchev–Trinajstić information content (AvgIpc) is 2.77. The van der Waals surface area contributed by atoms with Gasteiger partial charge in [0.1, 0.15) is 5.01 Å². The van der Waals surface area contributed by atoms with Crippen LogP contribution in [-0.4, -0.2) is 35.9 Å². The molecule has 4 nitrogen and oxygen atoms in total. The number of aromatic nitrogens is 1. The van der Waals surface area contributed by atoms with Crippen molar-refractivity contribution in [2.24, 2.45) is 11.8 Å². The number of rotatable bonds is 4. The summed E-state index contributed by atoms with van der Waals surface area (Å²) in [6, 6.07) is 0. The number of carbonyl (C=O) groups excluding carboxylic acids is 1. The van der Waals surface area contributed by atoms with E-state index in [9.17, 15) is 4.79 Å². The van der Waals surface area contributed by atoms with Gasteiger partial charge in [-0.2, -0.15) is 0 Å². The fourth-order valence-electron chi connectivity index (χ4n) is 2.97. The molecule has 0 radical (unpaired) electrons. The largest absolute Gasteiger partial charge is 0.339 e. The van der Waals surface area contributed by atoms with Crippen LogP contribution in [0.2, 0.25) is 0 Å². The second kappa shape index (κ2) is 5.82. The summed E-state index contributed by atoms with van der Waals surface area (Å²) in [6.07, 6.45) is 4.84. The van der Waals surface area contributed by atoms with E-state index in [0.717, 1.165) is 24.5 Å². The molecule has 3 rings (SSSR count). The van der Waals surface area contributed by atoms with E-state index >= 15 is 0 Å². The number of fused-ring (bicyclic) bond motifs is 1. The zero-order valence-corrected chi connectivity index (χ0v) is 13.1. The molecule has 0 spiro atoms. The molecule has 2 aliphatic rings. The minimum atomic E-state index is 0.121. The van der Waals surface area contributed by atoms with E-state index < -0.39 is 0 Å². The van der Waals surface area contributed by atoms with E-state index in [1.165, 1.54) is 29.8 Å². The lowest BCUT2D eigenvalue weighted by atomic mass is 9.88. The monoisotopic (exact) mass is 293 g/mol. The van der Waals surface area contributed by atoms with Crippen LogP contribution in [0, 0.1) is 11.8 Å². The Morgan fingerprint density at radius 2 is 2.20 bits per heavy atom. The first-order valence-corrected chi connectivity index (χ1v) is 8.40. The van der Waals surface area contributed by atoms with Gasteiger partial charge in [0.2, 0.25) is 5.91 Å². The van der Waals surface area contributed by atoms with Gasteiger partial charge in [0.25, 0.3) is 0 Å². The first-order valence-electron chi connectivity index (χ1n) is 7.58. The molecule has 1 saturated heterocycles. The molecule has 1 fully saturated rings. The zero-order valence-electron chi connectivity index (χ0n) is 12.3. The first-order chi connectivity index (χ1) is 9.65. The van der Waals surface area contributed by atoms with Crippen molar-refractivity contribution in [1.29, 1.82) is 0 Å². The molecule has 110 valence electrons. The van der Waals surface area contributed by atoms with Gasteiger partial charge in [0.05, 0.1) is 12.2 Å². The van der Waals surface area contributed by atoms with Gasteiger partial charge in [-0.1, -0.05) is 6.92 Å². The third-order valence-corrected chi connectivity index (χ3v) is 5.69. The predicted molar refractivity (Wildman–Crippen MR) is 80.8 cm³/mol. The zero-order chi connectivity index (χ0) is 14.1. The molecule has 1 atom stereocenters. The van der Waals surface area contributed by atoms with E-state index in [-0.39, 0.29) is 11.8 Å². The quantitative estimate of drug-likeness (QED) is 0.921. The van der Waals surface area contributed by atoms with Crippen LogP contribution in [0.25, 0.3) is 0 Å². The Kier molecular flexibility index (Phi) is 4.08. The molecule has 1 aliphatic carbocycles. The maximum atomic E-state index is 12.4. The Labute approximate surface area is 124 Å². The van der Waals surface area contributed by atoms with Gasteiger partial charge >= 0.3 is 0 Å². The van der Waals surface area contributed by atoms with Crippen molar-refractivity contribution in [3.63, 3.8) is 0 Å². The lowest BCUT2D eigenvalue weighted by molar-refractivity contribution is -0.136. The minimum absolute atomic E-state index is 0.121. The SMILES string of the molecule is CC(C(=O)N(C)Cc1nc2c(s1)CCCC2)C1CNC1. The summed E-state index contributed by atoms with van der Waals surface area (Å²) in [6.45, 7) is 4.68. The topological polar surface area (TPSA) is 45.2 Å².